The third-order valence-electron chi connectivity index (χ3n) is 3.50. The molecular weight excluding hydrogens is 214 g/mol. The first-order valence-electron chi connectivity index (χ1n) is 6.85. The summed E-state index contributed by atoms with van der Waals surface area (Å²) in [6, 6.07) is 0.307. The van der Waals surface area contributed by atoms with Crippen molar-refractivity contribution in [2.45, 2.75) is 59.4 Å². The first kappa shape index (κ1) is 14.5. The molecule has 0 radical (unpaired) electrons. The highest BCUT2D eigenvalue weighted by atomic mass is 16.5. The van der Waals surface area contributed by atoms with Crippen LogP contribution in [0.25, 0.3) is 0 Å². The van der Waals surface area contributed by atoms with E-state index in [1.165, 1.54) is 19.3 Å². The number of hydrogen-bond acceptors (Lipinski definition) is 3. The summed E-state index contributed by atoms with van der Waals surface area (Å²) in [5, 5.41) is 0. The topological polar surface area (TPSA) is 29.5 Å². The fourth-order valence-corrected chi connectivity index (χ4v) is 2.59. The molecule has 1 atom stereocenters. The third kappa shape index (κ3) is 4.66. The van der Waals surface area contributed by atoms with Gasteiger partial charge >= 0.3 is 5.97 Å². The van der Waals surface area contributed by atoms with E-state index in [0.717, 1.165) is 13.1 Å². The number of piperidine rings is 1. The van der Waals surface area contributed by atoms with Crippen LogP contribution in [0.15, 0.2) is 0 Å². The van der Waals surface area contributed by atoms with E-state index >= 15 is 0 Å². The fourth-order valence-electron chi connectivity index (χ4n) is 2.59. The molecule has 0 spiro atoms. The lowest BCUT2D eigenvalue weighted by Crippen LogP contribution is -2.47. The lowest BCUT2D eigenvalue weighted by Gasteiger charge is -2.41. The van der Waals surface area contributed by atoms with E-state index in [2.05, 4.69) is 25.7 Å². The van der Waals surface area contributed by atoms with Crippen molar-refractivity contribution in [2.75, 3.05) is 19.7 Å². The molecule has 1 unspecified atom stereocenters. The van der Waals surface area contributed by atoms with Crippen molar-refractivity contribution in [3.63, 3.8) is 0 Å². The molecule has 0 aromatic rings. The second-order valence-electron chi connectivity index (χ2n) is 5.99. The zero-order valence-corrected chi connectivity index (χ0v) is 11.8. The number of esters is 1. The Hall–Kier alpha value is -0.570. The average molecular weight is 241 g/mol. The van der Waals surface area contributed by atoms with Gasteiger partial charge in [-0.15, -0.1) is 0 Å². The molecule has 17 heavy (non-hydrogen) atoms. The van der Waals surface area contributed by atoms with Gasteiger partial charge in [0.1, 0.15) is 0 Å². The summed E-state index contributed by atoms with van der Waals surface area (Å²) in [6.07, 6.45) is 4.37. The maximum Gasteiger partial charge on any atom is 0.307 e. The molecule has 1 aliphatic rings. The first-order chi connectivity index (χ1) is 7.95. The van der Waals surface area contributed by atoms with Gasteiger partial charge in [-0.25, -0.2) is 0 Å². The van der Waals surface area contributed by atoms with Gasteiger partial charge in [0.05, 0.1) is 13.0 Å². The molecule has 3 nitrogen and oxygen atoms in total. The van der Waals surface area contributed by atoms with E-state index in [1.807, 2.05) is 6.92 Å². The van der Waals surface area contributed by atoms with E-state index in [-0.39, 0.29) is 11.4 Å². The predicted molar refractivity (Wildman–Crippen MR) is 69.9 cm³/mol. The van der Waals surface area contributed by atoms with Crippen LogP contribution in [0.2, 0.25) is 0 Å². The van der Waals surface area contributed by atoms with Crippen LogP contribution in [0.3, 0.4) is 0 Å². The standard InChI is InChI=1S/C14H27NO2/c1-5-17-13(16)11-12(14(2,3)4)15-9-7-6-8-10-15/h12H,5-11H2,1-4H3. The highest BCUT2D eigenvalue weighted by Crippen LogP contribution is 2.29. The maximum atomic E-state index is 11.7. The zero-order chi connectivity index (χ0) is 12.9. The minimum absolute atomic E-state index is 0.0574. The van der Waals surface area contributed by atoms with Gasteiger partial charge in [0, 0.05) is 6.04 Å². The Bertz CT molecular complexity index is 239. The molecule has 0 aromatic heterocycles. The number of nitrogens with zero attached hydrogens (tertiary/aromatic N) is 1. The second kappa shape index (κ2) is 6.39. The van der Waals surface area contributed by atoms with Crippen LogP contribution in [0.4, 0.5) is 0 Å². The van der Waals surface area contributed by atoms with Crippen LogP contribution >= 0.6 is 0 Å². The van der Waals surface area contributed by atoms with Crippen LogP contribution in [0.5, 0.6) is 0 Å². The van der Waals surface area contributed by atoms with Crippen molar-refractivity contribution in [2.24, 2.45) is 5.41 Å². The number of carbonyl (C=O) groups excluding carboxylic acids is 1. The second-order valence-corrected chi connectivity index (χ2v) is 5.99. The zero-order valence-electron chi connectivity index (χ0n) is 11.8. The molecule has 0 amide bonds. The Morgan fingerprint density at radius 3 is 2.29 bits per heavy atom. The Kier molecular flexibility index (Phi) is 5.44. The van der Waals surface area contributed by atoms with Crippen molar-refractivity contribution < 1.29 is 9.53 Å². The minimum Gasteiger partial charge on any atom is -0.466 e. The normalized spacial score (nSPS) is 20.0. The molecule has 0 N–H and O–H groups in total. The lowest BCUT2D eigenvalue weighted by atomic mass is 9.83. The summed E-state index contributed by atoms with van der Waals surface area (Å²) in [5.41, 5.74) is 0.129. The van der Waals surface area contributed by atoms with Crippen LogP contribution < -0.4 is 0 Å². The molecule has 0 bridgehead atoms. The van der Waals surface area contributed by atoms with Gasteiger partial charge in [-0.2, -0.15) is 0 Å². The first-order valence-corrected chi connectivity index (χ1v) is 6.85. The van der Waals surface area contributed by atoms with Gasteiger partial charge in [-0.05, 0) is 38.3 Å². The molecule has 100 valence electrons. The number of rotatable bonds is 4. The lowest BCUT2D eigenvalue weighted by molar-refractivity contribution is -0.146. The molecule has 3 heteroatoms. The van der Waals surface area contributed by atoms with E-state index < -0.39 is 0 Å². The summed E-state index contributed by atoms with van der Waals surface area (Å²) >= 11 is 0. The largest absolute Gasteiger partial charge is 0.466 e. The van der Waals surface area contributed by atoms with Crippen molar-refractivity contribution in [1.82, 2.24) is 4.90 Å². The van der Waals surface area contributed by atoms with E-state index in [1.54, 1.807) is 0 Å². The maximum absolute atomic E-state index is 11.7. The molecule has 1 fully saturated rings. The minimum atomic E-state index is -0.0574. The third-order valence-corrected chi connectivity index (χ3v) is 3.50. The number of ether oxygens (including phenoxy) is 1. The van der Waals surface area contributed by atoms with Gasteiger partial charge < -0.3 is 4.74 Å². The Balaban J connectivity index is 2.63. The molecule has 1 rings (SSSR count). The molecule has 1 heterocycles. The van der Waals surface area contributed by atoms with Gasteiger partial charge in [0.2, 0.25) is 0 Å². The summed E-state index contributed by atoms with van der Waals surface area (Å²) in [7, 11) is 0. The number of carbonyl (C=O) groups is 1. The summed E-state index contributed by atoms with van der Waals surface area (Å²) in [6.45, 7) is 11.2. The van der Waals surface area contributed by atoms with Crippen molar-refractivity contribution in [3.8, 4) is 0 Å². The van der Waals surface area contributed by atoms with Gasteiger partial charge in [0.15, 0.2) is 0 Å². The summed E-state index contributed by atoms with van der Waals surface area (Å²) < 4.78 is 5.09. The number of hydrogen-bond donors (Lipinski definition) is 0. The van der Waals surface area contributed by atoms with Crippen LogP contribution in [-0.4, -0.2) is 36.6 Å². The van der Waals surface area contributed by atoms with Crippen molar-refractivity contribution in [1.29, 1.82) is 0 Å². The summed E-state index contributed by atoms with van der Waals surface area (Å²) in [4.78, 5) is 14.2. The Morgan fingerprint density at radius 1 is 1.24 bits per heavy atom. The molecular formula is C14H27NO2. The summed E-state index contributed by atoms with van der Waals surface area (Å²) in [5.74, 6) is -0.0574. The van der Waals surface area contributed by atoms with Gasteiger partial charge in [-0.3, -0.25) is 9.69 Å². The fraction of sp³-hybridized carbons (Fsp3) is 0.929. The smallest absolute Gasteiger partial charge is 0.307 e. The Morgan fingerprint density at radius 2 is 1.82 bits per heavy atom. The van der Waals surface area contributed by atoms with Crippen LogP contribution in [-0.2, 0) is 9.53 Å². The molecule has 0 aliphatic carbocycles. The number of likely N-dealkylation sites (tertiary alicyclic amines) is 1. The van der Waals surface area contributed by atoms with Crippen LogP contribution in [0, 0.1) is 5.41 Å². The highest BCUT2D eigenvalue weighted by molar-refractivity contribution is 5.70. The molecule has 0 aromatic carbocycles. The average Bonchev–Trinajstić information content (AvgIpc) is 2.26. The van der Waals surface area contributed by atoms with E-state index in [0.29, 0.717) is 19.1 Å². The van der Waals surface area contributed by atoms with Crippen molar-refractivity contribution in [3.05, 3.63) is 0 Å². The molecule has 1 saturated heterocycles. The molecule has 1 aliphatic heterocycles. The highest BCUT2D eigenvalue weighted by Gasteiger charge is 2.33. The van der Waals surface area contributed by atoms with Crippen molar-refractivity contribution >= 4 is 5.97 Å². The monoisotopic (exact) mass is 241 g/mol. The van der Waals surface area contributed by atoms with Crippen LogP contribution in [0.1, 0.15) is 53.4 Å². The van der Waals surface area contributed by atoms with E-state index in [9.17, 15) is 4.79 Å². The van der Waals surface area contributed by atoms with Gasteiger partial charge in [-0.1, -0.05) is 27.2 Å². The molecule has 0 saturated carbocycles. The quantitative estimate of drug-likeness (QED) is 0.709. The predicted octanol–water partition coefficient (Wildman–Crippen LogP) is 2.84. The Labute approximate surface area is 106 Å². The SMILES string of the molecule is CCOC(=O)CC(N1CCCCC1)C(C)(C)C. The van der Waals surface area contributed by atoms with E-state index in [4.69, 9.17) is 4.74 Å². The van der Waals surface area contributed by atoms with Gasteiger partial charge in [0.25, 0.3) is 0 Å².